The number of hydrogen-bond acceptors (Lipinski definition) is 5. The maximum atomic E-state index is 12.3. The third-order valence-electron chi connectivity index (χ3n) is 4.07. The van der Waals surface area contributed by atoms with Crippen LogP contribution in [0.2, 0.25) is 5.02 Å². The second kappa shape index (κ2) is 7.09. The van der Waals surface area contributed by atoms with Crippen molar-refractivity contribution in [3.63, 3.8) is 0 Å². The number of hydrogen-bond donors (Lipinski definition) is 0. The van der Waals surface area contributed by atoms with Gasteiger partial charge in [0.15, 0.2) is 12.4 Å². The Morgan fingerprint density at radius 3 is 2.42 bits per heavy atom. The van der Waals surface area contributed by atoms with Crippen molar-refractivity contribution in [2.75, 3.05) is 23.7 Å². The summed E-state index contributed by atoms with van der Waals surface area (Å²) in [4.78, 5) is 24.2. The molecule has 0 radical (unpaired) electrons. The molecule has 0 saturated carbocycles. The Balaban J connectivity index is 1.68. The lowest BCUT2D eigenvalue weighted by Crippen LogP contribution is -2.27. The fourth-order valence-electron chi connectivity index (χ4n) is 2.77. The summed E-state index contributed by atoms with van der Waals surface area (Å²) >= 11 is 5.76. The van der Waals surface area contributed by atoms with Gasteiger partial charge in [0.25, 0.3) is 0 Å². The van der Waals surface area contributed by atoms with E-state index < -0.39 is 22.6 Å². The predicted molar refractivity (Wildman–Crippen MR) is 98.4 cm³/mol. The third-order valence-corrected chi connectivity index (χ3v) is 5.50. The first kappa shape index (κ1) is 18.4. The highest BCUT2D eigenvalue weighted by molar-refractivity contribution is 7.92. The molecular weight excluding hydrogens is 378 g/mol. The van der Waals surface area contributed by atoms with Crippen LogP contribution in [0, 0.1) is 0 Å². The van der Waals surface area contributed by atoms with Gasteiger partial charge in [-0.2, -0.15) is 0 Å². The van der Waals surface area contributed by atoms with Crippen molar-refractivity contribution >= 4 is 39.1 Å². The van der Waals surface area contributed by atoms with Crippen molar-refractivity contribution in [2.24, 2.45) is 0 Å². The summed E-state index contributed by atoms with van der Waals surface area (Å²) in [6.45, 7) is -0.0343. The number of nitrogens with zero attached hydrogens (tertiary/aromatic N) is 1. The predicted octanol–water partition coefficient (Wildman–Crippen LogP) is 2.70. The van der Waals surface area contributed by atoms with Gasteiger partial charge in [0, 0.05) is 17.1 Å². The van der Waals surface area contributed by atoms with Crippen LogP contribution < -0.4 is 4.31 Å². The van der Waals surface area contributed by atoms with Crippen LogP contribution in [-0.4, -0.2) is 39.6 Å². The molecule has 0 atom stereocenters. The van der Waals surface area contributed by atoms with E-state index in [0.717, 1.165) is 11.8 Å². The Bertz CT molecular complexity index is 970. The monoisotopic (exact) mass is 393 g/mol. The zero-order chi connectivity index (χ0) is 18.9. The molecule has 0 saturated heterocycles. The summed E-state index contributed by atoms with van der Waals surface area (Å²) in [6.07, 6.45) is 1.69. The minimum Gasteiger partial charge on any atom is -0.454 e. The SMILES string of the molecule is CS(=O)(=O)N1CCc2cc(C(=O)COC(=O)c3ccc(Cl)cc3)ccc21. The van der Waals surface area contributed by atoms with Crippen molar-refractivity contribution in [2.45, 2.75) is 6.42 Å². The fourth-order valence-corrected chi connectivity index (χ4v) is 3.86. The first-order valence-corrected chi connectivity index (χ1v) is 10.0. The highest BCUT2D eigenvalue weighted by Crippen LogP contribution is 2.30. The number of carbonyl (C=O) groups excluding carboxylic acids is 2. The van der Waals surface area contributed by atoms with Gasteiger partial charge in [0.05, 0.1) is 17.5 Å². The summed E-state index contributed by atoms with van der Waals surface area (Å²) in [6, 6.07) is 11.0. The molecule has 0 aromatic heterocycles. The minimum atomic E-state index is -3.33. The van der Waals surface area contributed by atoms with Crippen molar-refractivity contribution < 1.29 is 22.7 Å². The number of anilines is 1. The Morgan fingerprint density at radius 2 is 1.77 bits per heavy atom. The summed E-state index contributed by atoms with van der Waals surface area (Å²) in [5.41, 5.74) is 2.05. The lowest BCUT2D eigenvalue weighted by molar-refractivity contribution is 0.0475. The van der Waals surface area contributed by atoms with Crippen LogP contribution in [0.4, 0.5) is 5.69 Å². The average Bonchev–Trinajstić information content (AvgIpc) is 3.03. The Labute approximate surface area is 156 Å². The molecular formula is C18H16ClNO5S. The van der Waals surface area contributed by atoms with E-state index >= 15 is 0 Å². The van der Waals surface area contributed by atoms with E-state index in [-0.39, 0.29) is 5.78 Å². The standard InChI is InChI=1S/C18H16ClNO5S/c1-26(23,24)20-9-8-13-10-14(4-7-16(13)20)17(21)11-25-18(22)12-2-5-15(19)6-3-12/h2-7,10H,8-9,11H2,1H3. The quantitative estimate of drug-likeness (QED) is 0.576. The fraction of sp³-hybridized carbons (Fsp3) is 0.222. The van der Waals surface area contributed by atoms with E-state index in [1.165, 1.54) is 16.4 Å². The normalized spacial score (nSPS) is 13.4. The maximum Gasteiger partial charge on any atom is 0.338 e. The van der Waals surface area contributed by atoms with Crippen molar-refractivity contribution in [1.82, 2.24) is 0 Å². The van der Waals surface area contributed by atoms with Gasteiger partial charge in [-0.1, -0.05) is 11.6 Å². The van der Waals surface area contributed by atoms with E-state index in [9.17, 15) is 18.0 Å². The molecule has 1 aliphatic heterocycles. The molecule has 8 heteroatoms. The zero-order valence-corrected chi connectivity index (χ0v) is 15.5. The zero-order valence-electron chi connectivity index (χ0n) is 13.9. The molecule has 3 rings (SSSR count). The van der Waals surface area contributed by atoms with E-state index in [1.807, 2.05) is 0 Å². The van der Waals surface area contributed by atoms with Gasteiger partial charge in [0.1, 0.15) is 0 Å². The van der Waals surface area contributed by atoms with Crippen LogP contribution >= 0.6 is 11.6 Å². The number of Topliss-reactive ketones (excluding diaryl/α,β-unsaturated/α-hetero) is 1. The largest absolute Gasteiger partial charge is 0.454 e. The summed E-state index contributed by atoms with van der Waals surface area (Å²) in [5, 5.41) is 0.499. The number of ketones is 1. The lowest BCUT2D eigenvalue weighted by atomic mass is 10.1. The molecule has 0 fully saturated rings. The van der Waals surface area contributed by atoms with Crippen LogP contribution in [0.5, 0.6) is 0 Å². The number of esters is 1. The highest BCUT2D eigenvalue weighted by atomic mass is 35.5. The average molecular weight is 394 g/mol. The summed E-state index contributed by atoms with van der Waals surface area (Å²) < 4.78 is 29.8. The van der Waals surface area contributed by atoms with Crippen LogP contribution in [-0.2, 0) is 21.2 Å². The van der Waals surface area contributed by atoms with Crippen molar-refractivity contribution in [1.29, 1.82) is 0 Å². The van der Waals surface area contributed by atoms with Crippen LogP contribution in [0.25, 0.3) is 0 Å². The van der Waals surface area contributed by atoms with Gasteiger partial charge >= 0.3 is 5.97 Å². The van der Waals surface area contributed by atoms with Crippen LogP contribution in [0.3, 0.4) is 0 Å². The van der Waals surface area contributed by atoms with E-state index in [1.54, 1.807) is 30.3 Å². The molecule has 0 N–H and O–H groups in total. The number of halogens is 1. The van der Waals surface area contributed by atoms with Gasteiger partial charge in [-0.3, -0.25) is 9.10 Å². The van der Waals surface area contributed by atoms with E-state index in [2.05, 4.69) is 0 Å². The van der Waals surface area contributed by atoms with Gasteiger partial charge < -0.3 is 4.74 Å². The van der Waals surface area contributed by atoms with Gasteiger partial charge in [-0.25, -0.2) is 13.2 Å². The molecule has 2 aromatic rings. The molecule has 26 heavy (non-hydrogen) atoms. The molecule has 6 nitrogen and oxygen atoms in total. The molecule has 0 spiro atoms. The second-order valence-corrected chi connectivity index (χ2v) is 8.28. The van der Waals surface area contributed by atoms with Crippen LogP contribution in [0.1, 0.15) is 26.3 Å². The van der Waals surface area contributed by atoms with E-state index in [0.29, 0.717) is 34.8 Å². The molecule has 1 aliphatic rings. The van der Waals surface area contributed by atoms with Gasteiger partial charge in [-0.15, -0.1) is 0 Å². The second-order valence-electron chi connectivity index (χ2n) is 5.93. The molecule has 136 valence electrons. The topological polar surface area (TPSA) is 80.8 Å². The Kier molecular flexibility index (Phi) is 5.02. The number of carbonyl (C=O) groups is 2. The van der Waals surface area contributed by atoms with Gasteiger partial charge in [-0.05, 0) is 54.4 Å². The number of ether oxygens (including phenoxy) is 1. The lowest BCUT2D eigenvalue weighted by Gasteiger charge is -2.16. The number of benzene rings is 2. The van der Waals surface area contributed by atoms with E-state index in [4.69, 9.17) is 16.3 Å². The van der Waals surface area contributed by atoms with Crippen LogP contribution in [0.15, 0.2) is 42.5 Å². The summed E-state index contributed by atoms with van der Waals surface area (Å²) in [5.74, 6) is -0.965. The molecule has 0 aliphatic carbocycles. The van der Waals surface area contributed by atoms with Crippen molar-refractivity contribution in [3.05, 3.63) is 64.2 Å². The number of sulfonamides is 1. The Hall–Kier alpha value is -2.38. The highest BCUT2D eigenvalue weighted by Gasteiger charge is 2.26. The molecule has 1 heterocycles. The molecule has 0 amide bonds. The maximum absolute atomic E-state index is 12.3. The Morgan fingerprint density at radius 1 is 1.12 bits per heavy atom. The number of fused-ring (bicyclic) bond motifs is 1. The molecule has 0 bridgehead atoms. The molecule has 0 unspecified atom stereocenters. The first-order chi connectivity index (χ1) is 12.3. The molecule has 2 aromatic carbocycles. The minimum absolute atomic E-state index is 0.306. The third kappa shape index (κ3) is 3.89. The number of rotatable bonds is 5. The van der Waals surface area contributed by atoms with Gasteiger partial charge in [0.2, 0.25) is 10.0 Å². The smallest absolute Gasteiger partial charge is 0.338 e. The summed E-state index contributed by atoms with van der Waals surface area (Å²) in [7, 11) is -3.33. The first-order valence-electron chi connectivity index (χ1n) is 7.82. The van der Waals surface area contributed by atoms with Crippen molar-refractivity contribution in [3.8, 4) is 0 Å².